The molecule has 0 heterocycles. The number of benzene rings is 1. The Kier molecular flexibility index (Phi) is 4.91. The second kappa shape index (κ2) is 6.20. The number of hydrogen-bond acceptors (Lipinski definition) is 4. The van der Waals surface area contributed by atoms with Crippen LogP contribution in [0.3, 0.4) is 0 Å². The maximum Gasteiger partial charge on any atom is 0.334 e. The molecule has 0 aromatic heterocycles. The lowest BCUT2D eigenvalue weighted by molar-refractivity contribution is -0.133. The summed E-state index contributed by atoms with van der Waals surface area (Å²) in [7, 11) is 1.45. The summed E-state index contributed by atoms with van der Waals surface area (Å²) in [6.45, 7) is 3.15. The largest absolute Gasteiger partial charge is 0.493 e. The van der Waals surface area contributed by atoms with Crippen LogP contribution >= 0.6 is 15.9 Å². The van der Waals surface area contributed by atoms with Crippen LogP contribution in [-0.2, 0) is 4.79 Å². The Morgan fingerprint density at radius 2 is 2.17 bits per heavy atom. The van der Waals surface area contributed by atoms with Gasteiger partial charge in [-0.2, -0.15) is 0 Å². The fraction of sp³-hybridized carbons (Fsp3) is 0.167. The van der Waals surface area contributed by atoms with Gasteiger partial charge in [0.1, 0.15) is 6.61 Å². The van der Waals surface area contributed by atoms with Crippen LogP contribution in [0.15, 0.2) is 28.8 Å². The molecule has 1 N–H and O–H groups in total. The van der Waals surface area contributed by atoms with E-state index < -0.39 is 5.97 Å². The zero-order valence-corrected chi connectivity index (χ0v) is 11.2. The van der Waals surface area contributed by atoms with Crippen LogP contribution in [-0.4, -0.2) is 31.1 Å². The summed E-state index contributed by atoms with van der Waals surface area (Å²) < 4.78 is 10.9. The van der Waals surface area contributed by atoms with Gasteiger partial charge in [-0.3, -0.25) is 4.79 Å². The molecule has 0 unspecified atom stereocenters. The third-order valence-electron chi connectivity index (χ3n) is 2.11. The molecule has 0 saturated heterocycles. The normalized spacial score (nSPS) is 9.67. The first-order chi connectivity index (χ1) is 8.49. The minimum atomic E-state index is -1.14. The van der Waals surface area contributed by atoms with Gasteiger partial charge in [0, 0.05) is 10.0 Å². The van der Waals surface area contributed by atoms with Crippen molar-refractivity contribution in [1.82, 2.24) is 0 Å². The number of halogens is 1. The monoisotopic (exact) mass is 314 g/mol. The van der Waals surface area contributed by atoms with E-state index in [9.17, 15) is 9.59 Å². The maximum atomic E-state index is 10.8. The molecule has 18 heavy (non-hydrogen) atoms. The van der Waals surface area contributed by atoms with Gasteiger partial charge in [-0.15, -0.1) is 0 Å². The second-order valence-corrected chi connectivity index (χ2v) is 4.19. The zero-order valence-electron chi connectivity index (χ0n) is 9.60. The SMILES string of the molecule is C=C(COc1cc(C=O)c(Br)cc1OC)C(=O)O. The van der Waals surface area contributed by atoms with E-state index in [1.165, 1.54) is 13.2 Å². The number of carbonyl (C=O) groups excluding carboxylic acids is 1. The first-order valence-corrected chi connectivity index (χ1v) is 5.65. The van der Waals surface area contributed by atoms with Crippen LogP contribution in [0.25, 0.3) is 0 Å². The molecule has 0 saturated carbocycles. The van der Waals surface area contributed by atoms with E-state index in [0.29, 0.717) is 22.1 Å². The van der Waals surface area contributed by atoms with Gasteiger partial charge in [-0.1, -0.05) is 6.58 Å². The van der Waals surface area contributed by atoms with E-state index in [2.05, 4.69) is 22.5 Å². The van der Waals surface area contributed by atoms with Gasteiger partial charge >= 0.3 is 5.97 Å². The van der Waals surface area contributed by atoms with Crippen LogP contribution < -0.4 is 9.47 Å². The molecule has 0 amide bonds. The lowest BCUT2D eigenvalue weighted by Gasteiger charge is -2.12. The third kappa shape index (κ3) is 3.33. The van der Waals surface area contributed by atoms with Gasteiger partial charge in [-0.05, 0) is 28.1 Å². The van der Waals surface area contributed by atoms with E-state index in [-0.39, 0.29) is 17.9 Å². The number of methoxy groups -OCH3 is 1. The van der Waals surface area contributed by atoms with Crippen molar-refractivity contribution in [1.29, 1.82) is 0 Å². The van der Waals surface area contributed by atoms with Crippen molar-refractivity contribution >= 4 is 28.2 Å². The molecule has 1 aromatic carbocycles. The van der Waals surface area contributed by atoms with E-state index >= 15 is 0 Å². The second-order valence-electron chi connectivity index (χ2n) is 3.34. The van der Waals surface area contributed by atoms with Gasteiger partial charge in [0.05, 0.1) is 12.7 Å². The first kappa shape index (κ1) is 14.2. The molecule has 0 radical (unpaired) electrons. The van der Waals surface area contributed by atoms with Gasteiger partial charge in [0.25, 0.3) is 0 Å². The maximum absolute atomic E-state index is 10.8. The molecule has 1 rings (SSSR count). The molecule has 5 nitrogen and oxygen atoms in total. The molecule has 0 spiro atoms. The highest BCUT2D eigenvalue weighted by molar-refractivity contribution is 9.10. The van der Waals surface area contributed by atoms with Crippen molar-refractivity contribution in [3.8, 4) is 11.5 Å². The number of carboxylic acid groups (broad SMARTS) is 1. The fourth-order valence-corrected chi connectivity index (χ4v) is 1.56. The van der Waals surface area contributed by atoms with Gasteiger partial charge in [0.15, 0.2) is 17.8 Å². The van der Waals surface area contributed by atoms with Crippen LogP contribution in [0.4, 0.5) is 0 Å². The summed E-state index contributed by atoms with van der Waals surface area (Å²) in [6, 6.07) is 3.04. The molecule has 96 valence electrons. The van der Waals surface area contributed by atoms with Crippen molar-refractivity contribution in [2.24, 2.45) is 0 Å². The number of aldehydes is 1. The Balaban J connectivity index is 2.96. The Labute approximate surface area is 112 Å². The molecule has 0 bridgehead atoms. The van der Waals surface area contributed by atoms with Crippen LogP contribution in [0.2, 0.25) is 0 Å². The van der Waals surface area contributed by atoms with E-state index in [4.69, 9.17) is 14.6 Å². The van der Waals surface area contributed by atoms with Gasteiger partial charge in [-0.25, -0.2) is 4.79 Å². The van der Waals surface area contributed by atoms with Gasteiger partial charge < -0.3 is 14.6 Å². The fourth-order valence-electron chi connectivity index (χ4n) is 1.14. The van der Waals surface area contributed by atoms with Crippen LogP contribution in [0.5, 0.6) is 11.5 Å². The average Bonchev–Trinajstić information content (AvgIpc) is 2.36. The summed E-state index contributed by atoms with van der Waals surface area (Å²) in [5, 5.41) is 8.66. The van der Waals surface area contributed by atoms with E-state index in [1.807, 2.05) is 0 Å². The number of ether oxygens (including phenoxy) is 2. The lowest BCUT2D eigenvalue weighted by atomic mass is 10.2. The van der Waals surface area contributed by atoms with Crippen molar-refractivity contribution in [2.45, 2.75) is 0 Å². The van der Waals surface area contributed by atoms with Crippen molar-refractivity contribution in [2.75, 3.05) is 13.7 Å². The smallest absolute Gasteiger partial charge is 0.334 e. The van der Waals surface area contributed by atoms with E-state index in [0.717, 1.165) is 0 Å². The number of carbonyl (C=O) groups is 2. The summed E-state index contributed by atoms with van der Waals surface area (Å²) in [4.78, 5) is 21.4. The summed E-state index contributed by atoms with van der Waals surface area (Å²) >= 11 is 3.21. The molecular formula is C12H11BrO5. The molecule has 0 aliphatic heterocycles. The van der Waals surface area contributed by atoms with Crippen LogP contribution in [0, 0.1) is 0 Å². The van der Waals surface area contributed by atoms with Crippen LogP contribution in [0.1, 0.15) is 10.4 Å². The minimum Gasteiger partial charge on any atom is -0.493 e. The number of hydrogen-bond donors (Lipinski definition) is 1. The predicted octanol–water partition coefficient (Wildman–Crippen LogP) is 2.29. The number of aliphatic carboxylic acids is 1. The molecule has 6 heteroatoms. The standard InChI is InChI=1S/C12H11BrO5/c1-7(12(15)16)6-18-11-3-8(5-14)9(13)4-10(11)17-2/h3-5H,1,6H2,2H3,(H,15,16). The van der Waals surface area contributed by atoms with Crippen molar-refractivity contribution in [3.63, 3.8) is 0 Å². The number of carboxylic acids is 1. The Morgan fingerprint density at radius 1 is 1.50 bits per heavy atom. The Bertz CT molecular complexity index is 495. The lowest BCUT2D eigenvalue weighted by Crippen LogP contribution is -2.09. The summed E-state index contributed by atoms with van der Waals surface area (Å²) in [5.41, 5.74) is 0.291. The Morgan fingerprint density at radius 3 is 2.67 bits per heavy atom. The molecule has 1 aromatic rings. The highest BCUT2D eigenvalue weighted by Crippen LogP contribution is 2.33. The molecule has 0 fully saturated rings. The molecular weight excluding hydrogens is 304 g/mol. The molecule has 0 aliphatic rings. The minimum absolute atomic E-state index is 0.0902. The first-order valence-electron chi connectivity index (χ1n) is 4.86. The van der Waals surface area contributed by atoms with E-state index in [1.54, 1.807) is 6.07 Å². The quantitative estimate of drug-likeness (QED) is 0.644. The molecule has 0 aliphatic carbocycles. The number of rotatable bonds is 6. The van der Waals surface area contributed by atoms with Crippen molar-refractivity contribution < 1.29 is 24.2 Å². The zero-order chi connectivity index (χ0) is 13.7. The van der Waals surface area contributed by atoms with Gasteiger partial charge in [0.2, 0.25) is 0 Å². The topological polar surface area (TPSA) is 72.8 Å². The Hall–Kier alpha value is -1.82. The summed E-state index contributed by atoms with van der Waals surface area (Å²) in [5.74, 6) is -0.461. The summed E-state index contributed by atoms with van der Waals surface area (Å²) in [6.07, 6.45) is 0.655. The van der Waals surface area contributed by atoms with Crippen molar-refractivity contribution in [3.05, 3.63) is 34.3 Å². The highest BCUT2D eigenvalue weighted by Gasteiger charge is 2.12. The molecule has 0 atom stereocenters. The third-order valence-corrected chi connectivity index (χ3v) is 2.80. The average molecular weight is 315 g/mol. The highest BCUT2D eigenvalue weighted by atomic mass is 79.9. The predicted molar refractivity (Wildman–Crippen MR) is 68.4 cm³/mol.